The summed E-state index contributed by atoms with van der Waals surface area (Å²) < 4.78 is 32.4. The number of rotatable bonds is 36. The second-order valence-corrected chi connectivity index (χ2v) is 15.7. The Morgan fingerprint density at radius 1 is 0.478 bits per heavy atom. The van der Waals surface area contributed by atoms with Crippen LogP contribution in [0.25, 0.3) is 0 Å². The molecule has 0 rings (SSSR count). The van der Waals surface area contributed by atoms with Gasteiger partial charge in [0.05, 0.1) is 5.92 Å². The van der Waals surface area contributed by atoms with E-state index >= 15 is 0 Å². The smallest absolute Gasteiger partial charge is 0.328 e. The predicted molar refractivity (Wildman–Crippen MR) is 192 cm³/mol. The van der Waals surface area contributed by atoms with Gasteiger partial charge in [-0.2, -0.15) is 8.42 Å². The number of unbranched alkanes of at least 4 members (excludes halogenated alkanes) is 28. The fourth-order valence-electron chi connectivity index (χ4n) is 6.88. The minimum Gasteiger partial charge on any atom is -0.481 e. The van der Waals surface area contributed by atoms with Crippen LogP contribution in [0.2, 0.25) is 0 Å². The molecule has 0 amide bonds. The Balaban J connectivity index is 4.35. The molecule has 0 bridgehead atoms. The van der Waals surface area contributed by atoms with Crippen molar-refractivity contribution >= 4 is 22.1 Å². The fourth-order valence-corrected chi connectivity index (χ4v) is 8.09. The molecule has 0 radical (unpaired) electrons. The Labute approximate surface area is 284 Å². The van der Waals surface area contributed by atoms with Gasteiger partial charge in [-0.3, -0.25) is 14.1 Å². The molecule has 0 aliphatic rings. The molecule has 8 heteroatoms. The highest BCUT2D eigenvalue weighted by Crippen LogP contribution is 2.37. The summed E-state index contributed by atoms with van der Waals surface area (Å²) in [6.45, 7) is 4.48. The lowest BCUT2D eigenvalue weighted by atomic mass is 9.82. The van der Waals surface area contributed by atoms with E-state index in [1.165, 1.54) is 128 Å². The van der Waals surface area contributed by atoms with Crippen LogP contribution in [0.1, 0.15) is 219 Å². The number of aliphatic carboxylic acids is 2. The second kappa shape index (κ2) is 29.9. The van der Waals surface area contributed by atoms with E-state index in [4.69, 9.17) is 0 Å². The van der Waals surface area contributed by atoms with E-state index in [9.17, 15) is 32.8 Å². The number of hydrogen-bond donors (Lipinski definition) is 3. The number of hydrogen-bond acceptors (Lipinski definition) is 4. The summed E-state index contributed by atoms with van der Waals surface area (Å²) in [5, 5.41) is 19.9. The van der Waals surface area contributed by atoms with Gasteiger partial charge < -0.3 is 10.2 Å². The molecule has 0 saturated heterocycles. The van der Waals surface area contributed by atoms with Crippen LogP contribution < -0.4 is 0 Å². The van der Waals surface area contributed by atoms with Crippen LogP contribution in [0, 0.1) is 5.92 Å². The highest BCUT2D eigenvalue weighted by molar-refractivity contribution is 7.88. The van der Waals surface area contributed by atoms with Gasteiger partial charge in [-0.1, -0.05) is 206 Å². The third-order valence-corrected chi connectivity index (χ3v) is 11.5. The van der Waals surface area contributed by atoms with Crippen LogP contribution in [0.5, 0.6) is 0 Å². The Hall–Kier alpha value is -1.15. The highest BCUT2D eigenvalue weighted by atomic mass is 32.2. The number of carbonyl (C=O) groups is 2. The maximum Gasteiger partial charge on any atom is 0.328 e. The van der Waals surface area contributed by atoms with Gasteiger partial charge in [-0.25, -0.2) is 0 Å². The van der Waals surface area contributed by atoms with Crippen molar-refractivity contribution in [3.63, 3.8) is 0 Å². The maximum absolute atomic E-state index is 12.5. The number of carboxylic acid groups (broad SMARTS) is 2. The van der Waals surface area contributed by atoms with Crippen molar-refractivity contribution < 1.29 is 32.8 Å². The third kappa shape index (κ3) is 21.7. The van der Waals surface area contributed by atoms with E-state index in [2.05, 4.69) is 13.8 Å². The SMILES string of the molecule is CCCCCCCCCCCCCCCCCCC(C(=O)O)(C(CCCCCCCCCCCCCCCC)C(=O)O)S(=O)(=O)O. The molecule has 0 aliphatic heterocycles. The molecular weight excluding hydrogens is 600 g/mol. The van der Waals surface area contributed by atoms with E-state index in [1.807, 2.05) is 0 Å². The first-order valence-corrected chi connectivity index (χ1v) is 21.0. The van der Waals surface area contributed by atoms with E-state index in [1.54, 1.807) is 0 Å². The quantitative estimate of drug-likeness (QED) is 0.0445. The Kier molecular flexibility index (Phi) is 29.2. The topological polar surface area (TPSA) is 129 Å². The molecule has 0 aromatic carbocycles. The molecule has 46 heavy (non-hydrogen) atoms. The van der Waals surface area contributed by atoms with Gasteiger partial charge in [-0.15, -0.1) is 0 Å². The lowest BCUT2D eigenvalue weighted by Gasteiger charge is -2.32. The van der Waals surface area contributed by atoms with Crippen LogP contribution in [0.4, 0.5) is 0 Å². The zero-order chi connectivity index (χ0) is 34.4. The summed E-state index contributed by atoms with van der Waals surface area (Å²) in [5.74, 6) is -4.89. The van der Waals surface area contributed by atoms with Gasteiger partial charge in [-0.05, 0) is 12.8 Å². The summed E-state index contributed by atoms with van der Waals surface area (Å²) in [6.07, 6.45) is 33.5. The van der Waals surface area contributed by atoms with E-state index in [-0.39, 0.29) is 19.3 Å². The molecule has 3 N–H and O–H groups in total. The van der Waals surface area contributed by atoms with E-state index in [0.29, 0.717) is 12.8 Å². The zero-order valence-electron chi connectivity index (χ0n) is 30.1. The lowest BCUT2D eigenvalue weighted by molar-refractivity contribution is -0.152. The highest BCUT2D eigenvalue weighted by Gasteiger charge is 2.58. The van der Waals surface area contributed by atoms with Gasteiger partial charge in [0.15, 0.2) is 0 Å². The Bertz CT molecular complexity index is 829. The lowest BCUT2D eigenvalue weighted by Crippen LogP contribution is -2.55. The summed E-state index contributed by atoms with van der Waals surface area (Å²) in [7, 11) is -5.14. The van der Waals surface area contributed by atoms with Gasteiger partial charge in [0, 0.05) is 0 Å². The van der Waals surface area contributed by atoms with Gasteiger partial charge in [0.1, 0.15) is 0 Å². The van der Waals surface area contributed by atoms with Crippen molar-refractivity contribution in [3.05, 3.63) is 0 Å². The average Bonchev–Trinajstić information content (AvgIpc) is 3.00. The molecule has 0 aliphatic carbocycles. The molecule has 0 spiro atoms. The summed E-state index contributed by atoms with van der Waals surface area (Å²) in [4.78, 5) is 24.5. The Morgan fingerprint density at radius 3 is 0.978 bits per heavy atom. The van der Waals surface area contributed by atoms with Crippen LogP contribution in [0.15, 0.2) is 0 Å². The molecule has 2 atom stereocenters. The Morgan fingerprint density at radius 2 is 0.739 bits per heavy atom. The van der Waals surface area contributed by atoms with Crippen molar-refractivity contribution in [3.8, 4) is 0 Å². The molecular formula is C38H74O7S. The van der Waals surface area contributed by atoms with Gasteiger partial charge in [0.25, 0.3) is 10.1 Å². The van der Waals surface area contributed by atoms with Crippen molar-refractivity contribution in [2.75, 3.05) is 0 Å². The first-order valence-electron chi connectivity index (χ1n) is 19.6. The van der Waals surface area contributed by atoms with Crippen LogP contribution >= 0.6 is 0 Å². The maximum atomic E-state index is 12.5. The molecule has 0 fully saturated rings. The molecule has 0 heterocycles. The molecule has 2 unspecified atom stereocenters. The summed E-state index contributed by atoms with van der Waals surface area (Å²) >= 11 is 0. The first-order chi connectivity index (χ1) is 22.1. The molecule has 7 nitrogen and oxygen atoms in total. The van der Waals surface area contributed by atoms with Crippen LogP contribution in [0.3, 0.4) is 0 Å². The van der Waals surface area contributed by atoms with Crippen molar-refractivity contribution in [2.24, 2.45) is 5.92 Å². The molecule has 0 saturated carbocycles. The predicted octanol–water partition coefficient (Wildman–Crippen LogP) is 11.9. The zero-order valence-corrected chi connectivity index (χ0v) is 30.9. The normalized spacial score (nSPS) is 13.9. The van der Waals surface area contributed by atoms with E-state index in [0.717, 1.165) is 44.9 Å². The summed E-state index contributed by atoms with van der Waals surface area (Å²) in [5.41, 5.74) is 0. The molecule has 274 valence electrons. The summed E-state index contributed by atoms with van der Waals surface area (Å²) in [6, 6.07) is 0. The first kappa shape index (κ1) is 44.9. The average molecular weight is 675 g/mol. The molecule has 0 aromatic heterocycles. The van der Waals surface area contributed by atoms with Crippen molar-refractivity contribution in [2.45, 2.75) is 224 Å². The van der Waals surface area contributed by atoms with Crippen molar-refractivity contribution in [1.29, 1.82) is 0 Å². The fraction of sp³-hybridized carbons (Fsp3) is 0.947. The second-order valence-electron chi connectivity index (χ2n) is 14.0. The number of carboxylic acids is 2. The van der Waals surface area contributed by atoms with E-state index < -0.39 is 32.7 Å². The largest absolute Gasteiger partial charge is 0.481 e. The van der Waals surface area contributed by atoms with Crippen molar-refractivity contribution in [1.82, 2.24) is 0 Å². The van der Waals surface area contributed by atoms with Crippen LogP contribution in [-0.4, -0.2) is 39.9 Å². The van der Waals surface area contributed by atoms with Gasteiger partial charge in [0.2, 0.25) is 4.75 Å². The standard InChI is InChI=1S/C38H74O7S/c1-3-5-7-9-11-13-15-17-19-20-22-24-26-28-30-32-34-38(37(41)42,46(43,44)45)35(36(39)40)33-31-29-27-25-23-21-18-16-14-12-10-8-6-4-2/h35H,3-34H2,1-2H3,(H,39,40)(H,41,42)(H,43,44,45). The minimum atomic E-state index is -5.14. The van der Waals surface area contributed by atoms with Gasteiger partial charge >= 0.3 is 11.9 Å². The third-order valence-electron chi connectivity index (χ3n) is 9.93. The van der Waals surface area contributed by atoms with Crippen LogP contribution in [-0.2, 0) is 19.7 Å². The monoisotopic (exact) mass is 675 g/mol. The minimum absolute atomic E-state index is 0.0711. The molecule has 0 aromatic rings.